The van der Waals surface area contributed by atoms with E-state index in [1.54, 1.807) is 6.92 Å². The Balaban J connectivity index is 0.000000640. The van der Waals surface area contributed by atoms with Gasteiger partial charge in [0.1, 0.15) is 6.61 Å². The molecule has 4 heteroatoms. The van der Waals surface area contributed by atoms with Crippen LogP contribution >= 0.6 is 12.4 Å². The molecule has 0 saturated carbocycles. The van der Waals surface area contributed by atoms with Crippen LogP contribution in [0.5, 0.6) is 0 Å². The van der Waals surface area contributed by atoms with E-state index in [0.29, 0.717) is 0 Å². The Hall–Kier alpha value is -0.120. The van der Waals surface area contributed by atoms with Crippen molar-refractivity contribution in [2.45, 2.75) is 19.1 Å². The van der Waals surface area contributed by atoms with Crippen LogP contribution in [0.25, 0.3) is 0 Å². The number of hydrogen-bond acceptors (Lipinski definition) is 3. The fraction of sp³-hybridized carbons (Fsp3) is 0.800. The van der Waals surface area contributed by atoms with Gasteiger partial charge in [-0.25, -0.2) is 0 Å². The van der Waals surface area contributed by atoms with Crippen molar-refractivity contribution in [1.82, 2.24) is 0 Å². The second-order valence-electron chi connectivity index (χ2n) is 2.01. The van der Waals surface area contributed by atoms with Crippen molar-refractivity contribution in [2.24, 2.45) is 5.73 Å². The Kier molecular flexibility index (Phi) is 3.11. The zero-order valence-corrected chi connectivity index (χ0v) is 5.98. The SMILES string of the molecule is C[C@@H]1OCC(=O)[C@H]1N.Cl. The van der Waals surface area contributed by atoms with Gasteiger partial charge in [-0.1, -0.05) is 0 Å². The summed E-state index contributed by atoms with van der Waals surface area (Å²) >= 11 is 0. The van der Waals surface area contributed by atoms with Gasteiger partial charge in [0, 0.05) is 0 Å². The van der Waals surface area contributed by atoms with Crippen molar-refractivity contribution in [1.29, 1.82) is 0 Å². The number of ketones is 1. The molecule has 3 nitrogen and oxygen atoms in total. The molecule has 1 rings (SSSR count). The van der Waals surface area contributed by atoms with E-state index in [1.165, 1.54) is 0 Å². The normalized spacial score (nSPS) is 34.2. The van der Waals surface area contributed by atoms with Gasteiger partial charge >= 0.3 is 0 Å². The highest BCUT2D eigenvalue weighted by molar-refractivity contribution is 5.87. The fourth-order valence-electron chi connectivity index (χ4n) is 0.675. The largest absolute Gasteiger partial charge is 0.369 e. The van der Waals surface area contributed by atoms with Crippen LogP contribution < -0.4 is 5.73 Å². The van der Waals surface area contributed by atoms with Crippen LogP contribution in [-0.4, -0.2) is 24.5 Å². The highest BCUT2D eigenvalue weighted by Gasteiger charge is 2.28. The minimum Gasteiger partial charge on any atom is -0.369 e. The molecule has 0 amide bonds. The van der Waals surface area contributed by atoms with Crippen molar-refractivity contribution >= 4 is 18.2 Å². The quantitative estimate of drug-likeness (QED) is 0.518. The molecule has 0 aromatic rings. The summed E-state index contributed by atoms with van der Waals surface area (Å²) in [4.78, 5) is 10.5. The maximum absolute atomic E-state index is 10.5. The Morgan fingerprint density at radius 1 is 1.78 bits per heavy atom. The summed E-state index contributed by atoms with van der Waals surface area (Å²) in [6, 6.07) is -0.380. The third-order valence-electron chi connectivity index (χ3n) is 1.37. The second-order valence-corrected chi connectivity index (χ2v) is 2.01. The number of carbonyl (C=O) groups is 1. The van der Waals surface area contributed by atoms with Gasteiger partial charge in [0.2, 0.25) is 0 Å². The molecule has 0 spiro atoms. The van der Waals surface area contributed by atoms with Gasteiger partial charge in [0.25, 0.3) is 0 Å². The first-order chi connectivity index (χ1) is 3.72. The Morgan fingerprint density at radius 2 is 2.33 bits per heavy atom. The summed E-state index contributed by atoms with van der Waals surface area (Å²) in [7, 11) is 0. The lowest BCUT2D eigenvalue weighted by Crippen LogP contribution is -2.33. The predicted octanol–water partition coefficient (Wildman–Crippen LogP) is -0.277. The molecule has 54 valence electrons. The second kappa shape index (κ2) is 3.15. The molecule has 0 unspecified atom stereocenters. The zero-order chi connectivity index (χ0) is 6.15. The lowest BCUT2D eigenvalue weighted by Gasteiger charge is -2.03. The van der Waals surface area contributed by atoms with Crippen molar-refractivity contribution in [3.8, 4) is 0 Å². The van der Waals surface area contributed by atoms with Gasteiger partial charge in [-0.3, -0.25) is 4.79 Å². The molecule has 2 atom stereocenters. The Bertz CT molecular complexity index is 118. The van der Waals surface area contributed by atoms with E-state index in [4.69, 9.17) is 10.5 Å². The van der Waals surface area contributed by atoms with Gasteiger partial charge in [-0.2, -0.15) is 0 Å². The summed E-state index contributed by atoms with van der Waals surface area (Å²) in [5.41, 5.74) is 5.35. The molecular weight excluding hydrogens is 142 g/mol. The summed E-state index contributed by atoms with van der Waals surface area (Å²) in [6.45, 7) is 2.00. The number of hydrogen-bond donors (Lipinski definition) is 1. The zero-order valence-electron chi connectivity index (χ0n) is 5.16. The molecule has 1 heterocycles. The number of Topliss-reactive ketones (excluding diaryl/α,β-unsaturated/α-hetero) is 1. The third kappa shape index (κ3) is 1.64. The molecule has 1 aliphatic rings. The Morgan fingerprint density at radius 3 is 2.44 bits per heavy atom. The average Bonchev–Trinajstić information content (AvgIpc) is 1.98. The van der Waals surface area contributed by atoms with Crippen molar-refractivity contribution in [2.75, 3.05) is 6.61 Å². The van der Waals surface area contributed by atoms with E-state index in [0.717, 1.165) is 0 Å². The molecule has 1 aliphatic heterocycles. The molecule has 0 aliphatic carbocycles. The molecule has 2 N–H and O–H groups in total. The van der Waals surface area contributed by atoms with E-state index >= 15 is 0 Å². The van der Waals surface area contributed by atoms with Crippen LogP contribution in [0.4, 0.5) is 0 Å². The standard InChI is InChI=1S/C5H9NO2.ClH/c1-3-5(6)4(7)2-8-3;/h3,5H,2,6H2,1H3;1H/t3-,5-;/m0./s1. The smallest absolute Gasteiger partial charge is 0.177 e. The summed E-state index contributed by atoms with van der Waals surface area (Å²) in [6.07, 6.45) is -0.0810. The lowest BCUT2D eigenvalue weighted by atomic mass is 10.2. The van der Waals surface area contributed by atoms with Crippen molar-refractivity contribution in [3.63, 3.8) is 0 Å². The number of carbonyl (C=O) groups excluding carboxylic acids is 1. The van der Waals surface area contributed by atoms with E-state index in [-0.39, 0.29) is 36.9 Å². The number of halogens is 1. The first kappa shape index (κ1) is 8.88. The summed E-state index contributed by atoms with van der Waals surface area (Å²) in [5, 5.41) is 0. The number of rotatable bonds is 0. The van der Waals surface area contributed by atoms with E-state index in [1.807, 2.05) is 0 Å². The molecule has 0 aromatic carbocycles. The topological polar surface area (TPSA) is 52.3 Å². The highest BCUT2D eigenvalue weighted by Crippen LogP contribution is 2.05. The van der Waals surface area contributed by atoms with E-state index < -0.39 is 0 Å². The first-order valence-corrected chi connectivity index (χ1v) is 2.61. The Labute approximate surface area is 60.0 Å². The van der Waals surface area contributed by atoms with Gasteiger partial charge in [-0.05, 0) is 6.92 Å². The van der Waals surface area contributed by atoms with Crippen LogP contribution in [-0.2, 0) is 9.53 Å². The highest BCUT2D eigenvalue weighted by atomic mass is 35.5. The van der Waals surface area contributed by atoms with E-state index in [9.17, 15) is 4.79 Å². The van der Waals surface area contributed by atoms with Crippen LogP contribution in [0.1, 0.15) is 6.92 Å². The lowest BCUT2D eigenvalue weighted by molar-refractivity contribution is -0.118. The van der Waals surface area contributed by atoms with Crippen molar-refractivity contribution in [3.05, 3.63) is 0 Å². The maximum Gasteiger partial charge on any atom is 0.177 e. The monoisotopic (exact) mass is 151 g/mol. The predicted molar refractivity (Wildman–Crippen MR) is 35.6 cm³/mol. The van der Waals surface area contributed by atoms with Crippen LogP contribution in [0.15, 0.2) is 0 Å². The van der Waals surface area contributed by atoms with Gasteiger partial charge in [0.05, 0.1) is 12.1 Å². The van der Waals surface area contributed by atoms with Crippen LogP contribution in [0.3, 0.4) is 0 Å². The van der Waals surface area contributed by atoms with Crippen molar-refractivity contribution < 1.29 is 9.53 Å². The molecule has 0 radical (unpaired) electrons. The molecule has 9 heavy (non-hydrogen) atoms. The fourth-order valence-corrected chi connectivity index (χ4v) is 0.675. The summed E-state index contributed by atoms with van der Waals surface area (Å²) in [5.74, 6) is 0.0116. The third-order valence-corrected chi connectivity index (χ3v) is 1.37. The first-order valence-electron chi connectivity index (χ1n) is 2.61. The molecule has 1 saturated heterocycles. The van der Waals surface area contributed by atoms with Gasteiger partial charge < -0.3 is 10.5 Å². The number of nitrogens with two attached hydrogens (primary N) is 1. The van der Waals surface area contributed by atoms with Crippen LogP contribution in [0.2, 0.25) is 0 Å². The summed E-state index contributed by atoms with van der Waals surface area (Å²) < 4.78 is 4.90. The van der Waals surface area contributed by atoms with Crippen LogP contribution in [0, 0.1) is 0 Å². The molecule has 0 aromatic heterocycles. The average molecular weight is 152 g/mol. The van der Waals surface area contributed by atoms with Gasteiger partial charge in [0.15, 0.2) is 5.78 Å². The molecular formula is C5H10ClNO2. The molecule has 0 bridgehead atoms. The van der Waals surface area contributed by atoms with E-state index in [2.05, 4.69) is 0 Å². The minimum atomic E-state index is -0.380. The maximum atomic E-state index is 10.5. The molecule has 1 fully saturated rings. The van der Waals surface area contributed by atoms with Gasteiger partial charge in [-0.15, -0.1) is 12.4 Å². The number of ether oxygens (including phenoxy) is 1. The minimum absolute atomic E-state index is 0.